The Bertz CT molecular complexity index is 417. The standard InChI is InChI=1S/C12H12NO.ClH/c1-14-12-7-5-6-11(10-12)13-8-3-2-4-9-13;/h2-10H,1H3;1H/q+1;/p-1. The van der Waals surface area contributed by atoms with Crippen LogP contribution in [-0.2, 0) is 0 Å². The molecule has 0 aliphatic carbocycles. The van der Waals surface area contributed by atoms with Crippen molar-refractivity contribution in [3.8, 4) is 11.4 Å². The first kappa shape index (κ1) is 11.5. The van der Waals surface area contributed by atoms with Crippen molar-refractivity contribution in [2.75, 3.05) is 7.11 Å². The van der Waals surface area contributed by atoms with Crippen molar-refractivity contribution in [1.82, 2.24) is 0 Å². The second kappa shape index (κ2) is 5.37. The van der Waals surface area contributed by atoms with Crippen molar-refractivity contribution in [2.45, 2.75) is 0 Å². The molecule has 78 valence electrons. The minimum atomic E-state index is 0. The molecule has 2 nitrogen and oxygen atoms in total. The van der Waals surface area contributed by atoms with Crippen LogP contribution in [0.1, 0.15) is 0 Å². The number of rotatable bonds is 2. The predicted molar refractivity (Wildman–Crippen MR) is 54.5 cm³/mol. The zero-order chi connectivity index (χ0) is 9.80. The number of aromatic nitrogens is 1. The van der Waals surface area contributed by atoms with Gasteiger partial charge in [-0.2, -0.15) is 4.57 Å². The van der Waals surface area contributed by atoms with Gasteiger partial charge >= 0.3 is 0 Å². The number of pyridine rings is 1. The molecule has 0 N–H and O–H groups in total. The van der Waals surface area contributed by atoms with Crippen molar-refractivity contribution in [1.29, 1.82) is 0 Å². The normalized spacial score (nSPS) is 9.13. The van der Waals surface area contributed by atoms with E-state index in [1.165, 1.54) is 0 Å². The van der Waals surface area contributed by atoms with Crippen LogP contribution in [0, 0.1) is 0 Å². The third-order valence-corrected chi connectivity index (χ3v) is 2.07. The fraction of sp³-hybridized carbons (Fsp3) is 0.0833. The van der Waals surface area contributed by atoms with E-state index in [2.05, 4.69) is 0 Å². The Morgan fingerprint density at radius 1 is 1.00 bits per heavy atom. The molecule has 0 aliphatic heterocycles. The lowest BCUT2D eigenvalue weighted by Crippen LogP contribution is -3.00. The van der Waals surface area contributed by atoms with Gasteiger partial charge in [-0.05, 0) is 6.07 Å². The average molecular weight is 222 g/mol. The van der Waals surface area contributed by atoms with Crippen LogP contribution in [0.15, 0.2) is 54.9 Å². The molecule has 0 aliphatic rings. The van der Waals surface area contributed by atoms with Crippen LogP contribution in [0.5, 0.6) is 5.75 Å². The van der Waals surface area contributed by atoms with Gasteiger partial charge in [0.15, 0.2) is 12.4 Å². The first-order chi connectivity index (χ1) is 6.90. The lowest BCUT2D eigenvalue weighted by molar-refractivity contribution is -0.595. The van der Waals surface area contributed by atoms with Gasteiger partial charge in [0, 0.05) is 18.2 Å². The Balaban J connectivity index is 0.00000112. The Kier molecular flexibility index (Phi) is 4.13. The highest BCUT2D eigenvalue weighted by Crippen LogP contribution is 2.11. The van der Waals surface area contributed by atoms with Crippen LogP contribution in [0.3, 0.4) is 0 Å². The summed E-state index contributed by atoms with van der Waals surface area (Å²) < 4.78 is 7.21. The molecule has 0 fully saturated rings. The number of benzene rings is 1. The summed E-state index contributed by atoms with van der Waals surface area (Å²) in [5.74, 6) is 0.874. The van der Waals surface area contributed by atoms with Crippen LogP contribution in [0.4, 0.5) is 0 Å². The van der Waals surface area contributed by atoms with Crippen LogP contribution < -0.4 is 21.7 Å². The summed E-state index contributed by atoms with van der Waals surface area (Å²) in [6.07, 6.45) is 4.02. The summed E-state index contributed by atoms with van der Waals surface area (Å²) in [6.45, 7) is 0. The highest BCUT2D eigenvalue weighted by molar-refractivity contribution is 5.32. The van der Waals surface area contributed by atoms with Gasteiger partial charge in [-0.1, -0.05) is 12.1 Å². The van der Waals surface area contributed by atoms with E-state index in [4.69, 9.17) is 4.74 Å². The Morgan fingerprint density at radius 2 is 1.73 bits per heavy atom. The molecule has 1 heterocycles. The fourth-order valence-corrected chi connectivity index (χ4v) is 1.34. The Hall–Kier alpha value is -1.54. The molecule has 1 aromatic heterocycles. The monoisotopic (exact) mass is 221 g/mol. The molecule has 0 spiro atoms. The first-order valence-electron chi connectivity index (χ1n) is 4.51. The Morgan fingerprint density at radius 3 is 2.40 bits per heavy atom. The summed E-state index contributed by atoms with van der Waals surface area (Å²) in [5, 5.41) is 0. The number of nitrogens with zero attached hydrogens (tertiary/aromatic N) is 1. The number of hydrogen-bond donors (Lipinski definition) is 0. The fourth-order valence-electron chi connectivity index (χ4n) is 1.34. The maximum Gasteiger partial charge on any atom is 0.214 e. The largest absolute Gasteiger partial charge is 1.00 e. The van der Waals surface area contributed by atoms with E-state index >= 15 is 0 Å². The van der Waals surface area contributed by atoms with E-state index in [0.717, 1.165) is 11.4 Å². The summed E-state index contributed by atoms with van der Waals surface area (Å²) in [5.41, 5.74) is 1.10. The van der Waals surface area contributed by atoms with Gasteiger partial charge in [-0.25, -0.2) is 0 Å². The molecule has 1 aromatic carbocycles. The van der Waals surface area contributed by atoms with Gasteiger partial charge in [-0.3, -0.25) is 0 Å². The minimum Gasteiger partial charge on any atom is -1.00 e. The summed E-state index contributed by atoms with van der Waals surface area (Å²) in [4.78, 5) is 0. The third kappa shape index (κ3) is 2.70. The highest BCUT2D eigenvalue weighted by Gasteiger charge is 2.04. The molecule has 0 unspecified atom stereocenters. The molecule has 0 saturated carbocycles. The van der Waals surface area contributed by atoms with Crippen molar-refractivity contribution >= 4 is 0 Å². The number of ether oxygens (including phenoxy) is 1. The van der Waals surface area contributed by atoms with Crippen molar-refractivity contribution in [2.24, 2.45) is 0 Å². The molecule has 2 aromatic rings. The second-order valence-corrected chi connectivity index (χ2v) is 2.98. The maximum absolute atomic E-state index is 5.16. The number of halogens is 1. The number of methoxy groups -OCH3 is 1. The van der Waals surface area contributed by atoms with Crippen molar-refractivity contribution in [3.63, 3.8) is 0 Å². The summed E-state index contributed by atoms with van der Waals surface area (Å²) in [6, 6.07) is 14.0. The van der Waals surface area contributed by atoms with E-state index < -0.39 is 0 Å². The zero-order valence-electron chi connectivity index (χ0n) is 8.43. The molecule has 0 atom stereocenters. The van der Waals surface area contributed by atoms with Crippen LogP contribution in [0.25, 0.3) is 5.69 Å². The van der Waals surface area contributed by atoms with Gasteiger partial charge in [0.2, 0.25) is 5.69 Å². The van der Waals surface area contributed by atoms with Crippen LogP contribution in [-0.4, -0.2) is 7.11 Å². The van der Waals surface area contributed by atoms with Gasteiger partial charge in [0.05, 0.1) is 13.2 Å². The maximum atomic E-state index is 5.16. The lowest BCUT2D eigenvalue weighted by Gasteiger charge is -1.99. The summed E-state index contributed by atoms with van der Waals surface area (Å²) >= 11 is 0. The topological polar surface area (TPSA) is 13.1 Å². The smallest absolute Gasteiger partial charge is 0.214 e. The van der Waals surface area contributed by atoms with Gasteiger partial charge in [0.1, 0.15) is 5.75 Å². The first-order valence-corrected chi connectivity index (χ1v) is 4.51. The second-order valence-electron chi connectivity index (χ2n) is 2.98. The molecule has 0 amide bonds. The van der Waals surface area contributed by atoms with Crippen molar-refractivity contribution in [3.05, 3.63) is 54.9 Å². The summed E-state index contributed by atoms with van der Waals surface area (Å²) in [7, 11) is 1.68. The molecule has 3 heteroatoms. The molecular weight excluding hydrogens is 210 g/mol. The highest BCUT2D eigenvalue weighted by atomic mass is 35.5. The van der Waals surface area contributed by atoms with E-state index in [1.807, 2.05) is 59.4 Å². The third-order valence-electron chi connectivity index (χ3n) is 2.07. The van der Waals surface area contributed by atoms with Gasteiger partial charge in [-0.15, -0.1) is 0 Å². The minimum absolute atomic E-state index is 0. The molecule has 0 saturated heterocycles. The zero-order valence-corrected chi connectivity index (χ0v) is 9.19. The Labute approximate surface area is 95.5 Å². The van der Waals surface area contributed by atoms with E-state index in [1.54, 1.807) is 7.11 Å². The van der Waals surface area contributed by atoms with E-state index in [9.17, 15) is 0 Å². The van der Waals surface area contributed by atoms with Gasteiger partial charge in [0.25, 0.3) is 0 Å². The molecule has 0 bridgehead atoms. The van der Waals surface area contributed by atoms with Crippen molar-refractivity contribution < 1.29 is 21.7 Å². The SMILES string of the molecule is COc1cccc(-[n+]2ccccc2)c1.[Cl-]. The van der Waals surface area contributed by atoms with E-state index in [-0.39, 0.29) is 12.4 Å². The molecular formula is C12H12ClNO. The van der Waals surface area contributed by atoms with Crippen LogP contribution >= 0.6 is 0 Å². The molecule has 15 heavy (non-hydrogen) atoms. The predicted octanol–water partition coefficient (Wildman–Crippen LogP) is -1.02. The lowest BCUT2D eigenvalue weighted by atomic mass is 10.3. The molecule has 0 radical (unpaired) electrons. The number of hydrogen-bond acceptors (Lipinski definition) is 1. The van der Waals surface area contributed by atoms with Crippen LogP contribution in [0.2, 0.25) is 0 Å². The quantitative estimate of drug-likeness (QED) is 0.592. The average Bonchev–Trinajstić information content (AvgIpc) is 2.30. The van der Waals surface area contributed by atoms with Gasteiger partial charge < -0.3 is 17.1 Å². The van der Waals surface area contributed by atoms with E-state index in [0.29, 0.717) is 0 Å². The molecule has 2 rings (SSSR count).